The van der Waals surface area contributed by atoms with Crippen molar-refractivity contribution in [1.82, 2.24) is 19.9 Å². The molecular formula is C14H18N6. The summed E-state index contributed by atoms with van der Waals surface area (Å²) in [5.41, 5.74) is 7.63. The third-order valence-corrected chi connectivity index (χ3v) is 3.51. The summed E-state index contributed by atoms with van der Waals surface area (Å²) >= 11 is 0. The lowest BCUT2D eigenvalue weighted by Gasteiger charge is -2.33. The standard InChI is InChI=1S/C14H18N6/c1-19-5-7-20(8-6-19)13-9-12(17-14(15)18-13)11-3-2-4-16-10-11/h2-4,9-10H,5-8H2,1H3,(H2,15,17,18). The molecule has 2 aromatic rings. The molecule has 3 rings (SSSR count). The van der Waals surface area contributed by atoms with Crippen LogP contribution in [0.15, 0.2) is 30.6 Å². The summed E-state index contributed by atoms with van der Waals surface area (Å²) in [5, 5.41) is 0. The molecule has 0 radical (unpaired) electrons. The van der Waals surface area contributed by atoms with Crippen molar-refractivity contribution < 1.29 is 0 Å². The minimum atomic E-state index is 0.306. The van der Waals surface area contributed by atoms with E-state index in [-0.39, 0.29) is 0 Å². The summed E-state index contributed by atoms with van der Waals surface area (Å²) in [4.78, 5) is 17.3. The molecular weight excluding hydrogens is 252 g/mol. The van der Waals surface area contributed by atoms with E-state index in [2.05, 4.69) is 31.8 Å². The van der Waals surface area contributed by atoms with Crippen LogP contribution in [0.3, 0.4) is 0 Å². The Morgan fingerprint density at radius 1 is 1.15 bits per heavy atom. The molecule has 1 saturated heterocycles. The van der Waals surface area contributed by atoms with E-state index in [9.17, 15) is 0 Å². The number of nitrogens with zero attached hydrogens (tertiary/aromatic N) is 5. The summed E-state index contributed by atoms with van der Waals surface area (Å²) in [6.45, 7) is 3.98. The Morgan fingerprint density at radius 3 is 2.65 bits per heavy atom. The van der Waals surface area contributed by atoms with Crippen LogP contribution < -0.4 is 10.6 Å². The number of pyridine rings is 1. The van der Waals surface area contributed by atoms with Crippen LogP contribution in [0.25, 0.3) is 11.3 Å². The van der Waals surface area contributed by atoms with Crippen molar-refractivity contribution in [2.75, 3.05) is 43.9 Å². The molecule has 104 valence electrons. The lowest BCUT2D eigenvalue weighted by Crippen LogP contribution is -2.44. The highest BCUT2D eigenvalue weighted by atomic mass is 15.3. The van der Waals surface area contributed by atoms with Gasteiger partial charge in [-0.15, -0.1) is 0 Å². The van der Waals surface area contributed by atoms with Crippen molar-refractivity contribution in [3.63, 3.8) is 0 Å². The molecule has 0 amide bonds. The third-order valence-electron chi connectivity index (χ3n) is 3.51. The van der Waals surface area contributed by atoms with Gasteiger partial charge in [0.15, 0.2) is 0 Å². The maximum atomic E-state index is 5.85. The summed E-state index contributed by atoms with van der Waals surface area (Å²) in [7, 11) is 2.13. The van der Waals surface area contributed by atoms with E-state index >= 15 is 0 Å². The fraction of sp³-hybridized carbons (Fsp3) is 0.357. The van der Waals surface area contributed by atoms with Crippen LogP contribution in [-0.2, 0) is 0 Å². The number of hydrogen-bond acceptors (Lipinski definition) is 6. The van der Waals surface area contributed by atoms with Gasteiger partial charge in [-0.3, -0.25) is 4.98 Å². The van der Waals surface area contributed by atoms with Crippen LogP contribution >= 0.6 is 0 Å². The fourth-order valence-electron chi connectivity index (χ4n) is 2.31. The van der Waals surface area contributed by atoms with Gasteiger partial charge in [-0.1, -0.05) is 0 Å². The molecule has 6 heteroatoms. The number of likely N-dealkylation sites (N-methyl/N-ethyl adjacent to an activating group) is 1. The van der Waals surface area contributed by atoms with Crippen molar-refractivity contribution in [3.05, 3.63) is 30.6 Å². The third kappa shape index (κ3) is 2.70. The highest BCUT2D eigenvalue weighted by molar-refractivity contribution is 5.63. The first-order valence-electron chi connectivity index (χ1n) is 6.71. The van der Waals surface area contributed by atoms with Crippen LogP contribution in [-0.4, -0.2) is 53.1 Å². The average Bonchev–Trinajstić information content (AvgIpc) is 2.48. The number of nitrogen functional groups attached to an aromatic ring is 1. The quantitative estimate of drug-likeness (QED) is 0.873. The van der Waals surface area contributed by atoms with Gasteiger partial charge in [0.25, 0.3) is 0 Å². The molecule has 1 aliphatic rings. The Hall–Kier alpha value is -2.21. The van der Waals surface area contributed by atoms with Gasteiger partial charge in [0.2, 0.25) is 5.95 Å². The number of anilines is 2. The second-order valence-corrected chi connectivity index (χ2v) is 5.00. The number of rotatable bonds is 2. The molecule has 20 heavy (non-hydrogen) atoms. The minimum absolute atomic E-state index is 0.306. The summed E-state index contributed by atoms with van der Waals surface area (Å²) in [6.07, 6.45) is 3.53. The van der Waals surface area contributed by atoms with Crippen LogP contribution in [0.4, 0.5) is 11.8 Å². The molecule has 2 aromatic heterocycles. The van der Waals surface area contributed by atoms with Crippen molar-refractivity contribution in [3.8, 4) is 11.3 Å². The van der Waals surface area contributed by atoms with Gasteiger partial charge in [-0.05, 0) is 19.2 Å². The van der Waals surface area contributed by atoms with E-state index in [4.69, 9.17) is 5.73 Å². The van der Waals surface area contributed by atoms with Gasteiger partial charge in [0.1, 0.15) is 5.82 Å². The van der Waals surface area contributed by atoms with Crippen LogP contribution in [0.1, 0.15) is 0 Å². The predicted molar refractivity (Wildman–Crippen MR) is 79.4 cm³/mol. The maximum Gasteiger partial charge on any atom is 0.222 e. The zero-order valence-corrected chi connectivity index (χ0v) is 11.5. The average molecular weight is 270 g/mol. The highest BCUT2D eigenvalue weighted by Gasteiger charge is 2.17. The van der Waals surface area contributed by atoms with Gasteiger partial charge < -0.3 is 15.5 Å². The first-order chi connectivity index (χ1) is 9.72. The van der Waals surface area contributed by atoms with Crippen LogP contribution in [0.2, 0.25) is 0 Å². The predicted octanol–water partition coefficient (Wildman–Crippen LogP) is 0.873. The zero-order valence-electron chi connectivity index (χ0n) is 11.5. The van der Waals surface area contributed by atoms with Crippen LogP contribution in [0, 0.1) is 0 Å². The van der Waals surface area contributed by atoms with E-state index in [0.29, 0.717) is 5.95 Å². The first-order valence-corrected chi connectivity index (χ1v) is 6.71. The molecule has 0 bridgehead atoms. The number of aromatic nitrogens is 3. The highest BCUT2D eigenvalue weighted by Crippen LogP contribution is 2.22. The smallest absolute Gasteiger partial charge is 0.222 e. The van der Waals surface area contributed by atoms with Crippen molar-refractivity contribution in [1.29, 1.82) is 0 Å². The maximum absolute atomic E-state index is 5.85. The molecule has 1 fully saturated rings. The van der Waals surface area contributed by atoms with E-state index in [1.807, 2.05) is 18.2 Å². The van der Waals surface area contributed by atoms with Gasteiger partial charge >= 0.3 is 0 Å². The summed E-state index contributed by atoms with van der Waals surface area (Å²) in [5.74, 6) is 1.20. The number of nitrogens with two attached hydrogens (primary N) is 1. The SMILES string of the molecule is CN1CCN(c2cc(-c3cccnc3)nc(N)n2)CC1. The zero-order chi connectivity index (χ0) is 13.9. The van der Waals surface area contributed by atoms with E-state index in [0.717, 1.165) is 43.3 Å². The largest absolute Gasteiger partial charge is 0.368 e. The molecule has 2 N–H and O–H groups in total. The number of hydrogen-bond donors (Lipinski definition) is 1. The molecule has 0 unspecified atom stereocenters. The Balaban J connectivity index is 1.91. The molecule has 0 saturated carbocycles. The molecule has 0 atom stereocenters. The molecule has 0 aromatic carbocycles. The Kier molecular flexibility index (Phi) is 3.47. The summed E-state index contributed by atoms with van der Waals surface area (Å²) in [6, 6.07) is 5.85. The molecule has 0 spiro atoms. The Bertz CT molecular complexity index is 577. The second-order valence-electron chi connectivity index (χ2n) is 5.00. The normalized spacial score (nSPS) is 16.4. The number of piperazine rings is 1. The van der Waals surface area contributed by atoms with Gasteiger partial charge in [-0.2, -0.15) is 4.98 Å². The Labute approximate surface area is 118 Å². The lowest BCUT2D eigenvalue weighted by molar-refractivity contribution is 0.312. The topological polar surface area (TPSA) is 71.2 Å². The van der Waals surface area contributed by atoms with Crippen molar-refractivity contribution in [2.24, 2.45) is 0 Å². The van der Waals surface area contributed by atoms with Gasteiger partial charge in [0, 0.05) is 50.2 Å². The van der Waals surface area contributed by atoms with Crippen LogP contribution in [0.5, 0.6) is 0 Å². The van der Waals surface area contributed by atoms with Crippen molar-refractivity contribution in [2.45, 2.75) is 0 Å². The minimum Gasteiger partial charge on any atom is -0.368 e. The van der Waals surface area contributed by atoms with E-state index in [1.54, 1.807) is 12.4 Å². The second kappa shape index (κ2) is 5.42. The monoisotopic (exact) mass is 270 g/mol. The van der Waals surface area contributed by atoms with E-state index < -0.39 is 0 Å². The molecule has 3 heterocycles. The first kappa shape index (κ1) is 12.8. The Morgan fingerprint density at radius 2 is 1.95 bits per heavy atom. The molecule has 0 aliphatic carbocycles. The fourth-order valence-corrected chi connectivity index (χ4v) is 2.31. The molecule has 6 nitrogen and oxygen atoms in total. The van der Waals surface area contributed by atoms with Crippen molar-refractivity contribution >= 4 is 11.8 Å². The van der Waals surface area contributed by atoms with Gasteiger partial charge in [-0.25, -0.2) is 4.98 Å². The van der Waals surface area contributed by atoms with Gasteiger partial charge in [0.05, 0.1) is 5.69 Å². The summed E-state index contributed by atoms with van der Waals surface area (Å²) < 4.78 is 0. The van der Waals surface area contributed by atoms with E-state index in [1.165, 1.54) is 0 Å². The lowest BCUT2D eigenvalue weighted by atomic mass is 10.2. The molecule has 1 aliphatic heterocycles.